The largest absolute Gasteiger partial charge is 0.423 e. The minimum Gasteiger partial charge on any atom is -0.423 e. The van der Waals surface area contributed by atoms with Gasteiger partial charge in [0, 0.05) is 5.02 Å². The Balaban J connectivity index is 2.42. The van der Waals surface area contributed by atoms with Gasteiger partial charge in [-0.3, -0.25) is 0 Å². The van der Waals surface area contributed by atoms with Gasteiger partial charge in [0.1, 0.15) is 6.04 Å². The molecule has 2 rings (SSSR count). The maximum atomic E-state index is 11.1. The Hall–Kier alpha value is -1.22. The molecule has 13 heavy (non-hydrogen) atoms. The van der Waals surface area contributed by atoms with E-state index >= 15 is 0 Å². The fourth-order valence-electron chi connectivity index (χ4n) is 1.19. The van der Waals surface area contributed by atoms with Crippen molar-refractivity contribution in [1.29, 1.82) is 0 Å². The standard InChI is InChI=1S/C9H8ClNO2/c1-5-9(12)13-8-3-2-6(10)4-7(8)11-5/h2-5,11H,1H3. The number of benzene rings is 1. The number of hydrogen-bond acceptors (Lipinski definition) is 3. The van der Waals surface area contributed by atoms with Gasteiger partial charge in [0.15, 0.2) is 5.75 Å². The molecule has 1 aromatic rings. The van der Waals surface area contributed by atoms with E-state index in [0.29, 0.717) is 10.8 Å². The smallest absolute Gasteiger partial charge is 0.333 e. The number of anilines is 1. The van der Waals surface area contributed by atoms with Gasteiger partial charge in [-0.1, -0.05) is 11.6 Å². The van der Waals surface area contributed by atoms with Crippen LogP contribution in [0, 0.1) is 0 Å². The van der Waals surface area contributed by atoms with Crippen molar-refractivity contribution in [2.45, 2.75) is 13.0 Å². The molecule has 0 saturated carbocycles. The van der Waals surface area contributed by atoms with Crippen LogP contribution in [0.15, 0.2) is 18.2 Å². The molecule has 0 fully saturated rings. The predicted molar refractivity (Wildman–Crippen MR) is 50.2 cm³/mol. The van der Waals surface area contributed by atoms with Gasteiger partial charge in [-0.05, 0) is 25.1 Å². The molecule has 3 nitrogen and oxygen atoms in total. The molecular formula is C9H8ClNO2. The molecule has 0 amide bonds. The minimum atomic E-state index is -0.314. The van der Waals surface area contributed by atoms with Crippen LogP contribution in [-0.4, -0.2) is 12.0 Å². The number of esters is 1. The highest BCUT2D eigenvalue weighted by Crippen LogP contribution is 2.31. The second kappa shape index (κ2) is 2.92. The van der Waals surface area contributed by atoms with Crippen molar-refractivity contribution in [2.75, 3.05) is 5.32 Å². The van der Waals surface area contributed by atoms with E-state index in [-0.39, 0.29) is 12.0 Å². The minimum absolute atomic E-state index is 0.269. The van der Waals surface area contributed by atoms with Crippen molar-refractivity contribution >= 4 is 23.3 Å². The van der Waals surface area contributed by atoms with Gasteiger partial charge in [-0.15, -0.1) is 0 Å². The predicted octanol–water partition coefficient (Wildman–Crippen LogP) is 2.06. The molecular weight excluding hydrogens is 190 g/mol. The Bertz CT molecular complexity index is 365. The third kappa shape index (κ3) is 1.47. The number of carbonyl (C=O) groups excluding carboxylic acids is 1. The van der Waals surface area contributed by atoms with Crippen molar-refractivity contribution in [1.82, 2.24) is 0 Å². The fraction of sp³-hybridized carbons (Fsp3) is 0.222. The third-order valence-corrected chi connectivity index (χ3v) is 2.11. The molecule has 4 heteroatoms. The molecule has 0 aromatic heterocycles. The number of nitrogens with one attached hydrogen (secondary N) is 1. The molecule has 68 valence electrons. The van der Waals surface area contributed by atoms with Crippen LogP contribution in [0.3, 0.4) is 0 Å². The Labute approximate surface area is 80.6 Å². The summed E-state index contributed by atoms with van der Waals surface area (Å²) in [7, 11) is 0. The maximum absolute atomic E-state index is 11.1. The van der Waals surface area contributed by atoms with Crippen LogP contribution >= 0.6 is 11.6 Å². The van der Waals surface area contributed by atoms with Crippen LogP contribution < -0.4 is 10.1 Å². The SMILES string of the molecule is CC1Nc2cc(Cl)ccc2OC1=O. The van der Waals surface area contributed by atoms with Gasteiger partial charge in [-0.25, -0.2) is 4.79 Å². The van der Waals surface area contributed by atoms with Crippen LogP contribution in [0.1, 0.15) is 6.92 Å². The quantitative estimate of drug-likeness (QED) is 0.511. The highest BCUT2D eigenvalue weighted by molar-refractivity contribution is 6.31. The summed E-state index contributed by atoms with van der Waals surface area (Å²) in [6, 6.07) is 4.78. The van der Waals surface area contributed by atoms with Crippen molar-refractivity contribution < 1.29 is 9.53 Å². The first-order chi connectivity index (χ1) is 6.16. The summed E-state index contributed by atoms with van der Waals surface area (Å²) in [5, 5.41) is 3.61. The fourth-order valence-corrected chi connectivity index (χ4v) is 1.37. The lowest BCUT2D eigenvalue weighted by atomic mass is 10.2. The van der Waals surface area contributed by atoms with E-state index in [1.807, 2.05) is 0 Å². The summed E-state index contributed by atoms with van der Waals surface area (Å²) in [5.74, 6) is 0.266. The zero-order valence-electron chi connectivity index (χ0n) is 7.00. The molecule has 0 spiro atoms. The highest BCUT2D eigenvalue weighted by atomic mass is 35.5. The van der Waals surface area contributed by atoms with Crippen molar-refractivity contribution in [3.05, 3.63) is 23.2 Å². The number of rotatable bonds is 0. The maximum Gasteiger partial charge on any atom is 0.333 e. The van der Waals surface area contributed by atoms with Gasteiger partial charge >= 0.3 is 5.97 Å². The van der Waals surface area contributed by atoms with Crippen LogP contribution in [0.2, 0.25) is 5.02 Å². The molecule has 0 radical (unpaired) electrons. The lowest BCUT2D eigenvalue weighted by molar-refractivity contribution is -0.135. The lowest BCUT2D eigenvalue weighted by Gasteiger charge is -2.22. The molecule has 1 N–H and O–H groups in total. The molecule has 1 aliphatic heterocycles. The number of carbonyl (C=O) groups is 1. The van der Waals surface area contributed by atoms with Crippen LogP contribution in [0.4, 0.5) is 5.69 Å². The average molecular weight is 198 g/mol. The highest BCUT2D eigenvalue weighted by Gasteiger charge is 2.23. The first-order valence-corrected chi connectivity index (χ1v) is 4.32. The number of hydrogen-bond donors (Lipinski definition) is 1. The van der Waals surface area contributed by atoms with E-state index < -0.39 is 0 Å². The Morgan fingerprint density at radius 3 is 3.08 bits per heavy atom. The second-order valence-electron chi connectivity index (χ2n) is 2.93. The normalized spacial score (nSPS) is 20.2. The van der Waals surface area contributed by atoms with Crippen molar-refractivity contribution in [3.8, 4) is 5.75 Å². The molecule has 0 bridgehead atoms. The molecule has 1 atom stereocenters. The molecule has 1 aliphatic rings. The molecule has 1 aromatic carbocycles. The van der Waals surface area contributed by atoms with Gasteiger partial charge < -0.3 is 10.1 Å². The van der Waals surface area contributed by atoms with E-state index in [4.69, 9.17) is 16.3 Å². The van der Waals surface area contributed by atoms with Crippen LogP contribution in [-0.2, 0) is 4.79 Å². The monoisotopic (exact) mass is 197 g/mol. The molecule has 0 aliphatic carbocycles. The summed E-state index contributed by atoms with van der Waals surface area (Å²) in [4.78, 5) is 11.1. The number of ether oxygens (including phenoxy) is 1. The Kier molecular flexibility index (Phi) is 1.88. The van der Waals surface area contributed by atoms with Gasteiger partial charge in [0.05, 0.1) is 5.69 Å². The van der Waals surface area contributed by atoms with E-state index in [0.717, 1.165) is 5.69 Å². The lowest BCUT2D eigenvalue weighted by Crippen LogP contribution is -2.34. The Morgan fingerprint density at radius 1 is 1.54 bits per heavy atom. The summed E-state index contributed by atoms with van der Waals surface area (Å²) >= 11 is 5.78. The van der Waals surface area contributed by atoms with Crippen molar-refractivity contribution in [2.24, 2.45) is 0 Å². The molecule has 1 unspecified atom stereocenters. The number of halogens is 1. The molecule has 0 saturated heterocycles. The van der Waals surface area contributed by atoms with E-state index in [1.54, 1.807) is 25.1 Å². The molecule has 1 heterocycles. The summed E-state index contributed by atoms with van der Waals surface area (Å²) in [6.07, 6.45) is 0. The first kappa shape index (κ1) is 8.38. The van der Waals surface area contributed by atoms with Crippen molar-refractivity contribution in [3.63, 3.8) is 0 Å². The van der Waals surface area contributed by atoms with Gasteiger partial charge in [0.2, 0.25) is 0 Å². The van der Waals surface area contributed by atoms with Crippen LogP contribution in [0.25, 0.3) is 0 Å². The van der Waals surface area contributed by atoms with Crippen LogP contribution in [0.5, 0.6) is 5.75 Å². The summed E-state index contributed by atoms with van der Waals surface area (Å²) in [6.45, 7) is 1.74. The zero-order chi connectivity index (χ0) is 9.42. The summed E-state index contributed by atoms with van der Waals surface area (Å²) in [5.41, 5.74) is 0.764. The van der Waals surface area contributed by atoms with E-state index in [2.05, 4.69) is 5.32 Å². The average Bonchev–Trinajstić information content (AvgIpc) is 2.08. The summed E-state index contributed by atoms with van der Waals surface area (Å²) < 4.78 is 5.04. The first-order valence-electron chi connectivity index (χ1n) is 3.94. The zero-order valence-corrected chi connectivity index (χ0v) is 7.76. The Morgan fingerprint density at radius 2 is 2.31 bits per heavy atom. The second-order valence-corrected chi connectivity index (χ2v) is 3.36. The third-order valence-electron chi connectivity index (χ3n) is 1.88. The number of fused-ring (bicyclic) bond motifs is 1. The van der Waals surface area contributed by atoms with E-state index in [9.17, 15) is 4.79 Å². The van der Waals surface area contributed by atoms with E-state index in [1.165, 1.54) is 0 Å². The van der Waals surface area contributed by atoms with Gasteiger partial charge in [0.25, 0.3) is 0 Å². The topological polar surface area (TPSA) is 38.3 Å². The van der Waals surface area contributed by atoms with Gasteiger partial charge in [-0.2, -0.15) is 0 Å².